The zero-order valence-corrected chi connectivity index (χ0v) is 11.7. The Morgan fingerprint density at radius 2 is 2.00 bits per heavy atom. The quantitative estimate of drug-likeness (QED) is 0.941. The molecule has 1 aromatic carbocycles. The molecule has 7 heteroatoms. The molecule has 2 aromatic rings. The Kier molecular flexibility index (Phi) is 3.61. The van der Waals surface area contributed by atoms with Crippen molar-refractivity contribution in [3.05, 3.63) is 46.0 Å². The van der Waals surface area contributed by atoms with E-state index in [1.807, 2.05) is 6.92 Å². The molecule has 0 radical (unpaired) electrons. The van der Waals surface area contributed by atoms with E-state index >= 15 is 0 Å². The lowest BCUT2D eigenvalue weighted by Gasteiger charge is -2.07. The van der Waals surface area contributed by atoms with Gasteiger partial charge in [0.05, 0.1) is 5.69 Å². The lowest BCUT2D eigenvalue weighted by molar-refractivity contribution is 0.603. The van der Waals surface area contributed by atoms with E-state index in [4.69, 9.17) is 11.6 Å². The van der Waals surface area contributed by atoms with Crippen molar-refractivity contribution in [1.82, 2.24) is 0 Å². The summed E-state index contributed by atoms with van der Waals surface area (Å²) in [5.41, 5.74) is 1.20. The summed E-state index contributed by atoms with van der Waals surface area (Å²) in [6.45, 7) is 1.81. The zero-order chi connectivity index (χ0) is 13.3. The minimum atomic E-state index is -3.75. The molecule has 0 aliphatic carbocycles. The van der Waals surface area contributed by atoms with E-state index in [2.05, 4.69) is 4.72 Å². The van der Waals surface area contributed by atoms with Gasteiger partial charge in [-0.05, 0) is 36.8 Å². The standard InChI is InChI=1S/C11H9ClFNO2S2/c1-7-2-3-8(6-9(7)12)14-18(15,16)11-5-4-10(13)17-11/h2-6,14H,1H3. The van der Waals surface area contributed by atoms with Crippen LogP contribution in [0.25, 0.3) is 0 Å². The van der Waals surface area contributed by atoms with Crippen LogP contribution in [0, 0.1) is 12.1 Å². The van der Waals surface area contributed by atoms with E-state index in [0.717, 1.165) is 11.6 Å². The maximum Gasteiger partial charge on any atom is 0.271 e. The number of thiophene rings is 1. The summed E-state index contributed by atoms with van der Waals surface area (Å²) in [6.07, 6.45) is 0. The van der Waals surface area contributed by atoms with Gasteiger partial charge >= 0.3 is 0 Å². The number of rotatable bonds is 3. The first-order valence-corrected chi connectivity index (χ1v) is 7.60. The molecule has 18 heavy (non-hydrogen) atoms. The largest absolute Gasteiger partial charge is 0.279 e. The maximum atomic E-state index is 12.8. The number of nitrogens with one attached hydrogen (secondary N) is 1. The summed E-state index contributed by atoms with van der Waals surface area (Å²) in [6, 6.07) is 7.15. The second kappa shape index (κ2) is 4.87. The summed E-state index contributed by atoms with van der Waals surface area (Å²) in [5, 5.41) is -0.0788. The van der Waals surface area contributed by atoms with Crippen LogP contribution in [0.3, 0.4) is 0 Å². The van der Waals surface area contributed by atoms with Crippen LogP contribution in [0.15, 0.2) is 34.5 Å². The monoisotopic (exact) mass is 305 g/mol. The van der Waals surface area contributed by atoms with E-state index in [1.54, 1.807) is 12.1 Å². The number of halogens is 2. The van der Waals surface area contributed by atoms with E-state index < -0.39 is 15.2 Å². The average Bonchev–Trinajstić information content (AvgIpc) is 2.71. The summed E-state index contributed by atoms with van der Waals surface area (Å²) in [7, 11) is -3.75. The summed E-state index contributed by atoms with van der Waals surface area (Å²) in [4.78, 5) is 0. The minimum absolute atomic E-state index is 0.0725. The third kappa shape index (κ3) is 2.82. The van der Waals surface area contributed by atoms with Crippen molar-refractivity contribution >= 4 is 38.6 Å². The highest BCUT2D eigenvalue weighted by molar-refractivity contribution is 7.94. The molecular weight excluding hydrogens is 297 g/mol. The molecule has 3 nitrogen and oxygen atoms in total. The highest BCUT2D eigenvalue weighted by Crippen LogP contribution is 2.25. The highest BCUT2D eigenvalue weighted by atomic mass is 35.5. The fourth-order valence-electron chi connectivity index (χ4n) is 1.30. The van der Waals surface area contributed by atoms with Gasteiger partial charge in [-0.1, -0.05) is 29.0 Å². The Morgan fingerprint density at radius 1 is 1.28 bits per heavy atom. The first kappa shape index (κ1) is 13.3. The molecule has 0 fully saturated rings. The van der Waals surface area contributed by atoms with Gasteiger partial charge in [0.1, 0.15) is 4.21 Å². The van der Waals surface area contributed by atoms with Crippen LogP contribution >= 0.6 is 22.9 Å². The Hall–Kier alpha value is -1.11. The number of hydrogen-bond donors (Lipinski definition) is 1. The maximum absolute atomic E-state index is 12.8. The molecule has 0 atom stereocenters. The van der Waals surface area contributed by atoms with E-state index in [1.165, 1.54) is 12.1 Å². The summed E-state index contributed by atoms with van der Waals surface area (Å²) in [5.74, 6) is 0. The second-order valence-electron chi connectivity index (χ2n) is 3.63. The topological polar surface area (TPSA) is 46.2 Å². The van der Waals surface area contributed by atoms with Crippen LogP contribution in [-0.4, -0.2) is 8.42 Å². The van der Waals surface area contributed by atoms with Crippen molar-refractivity contribution in [1.29, 1.82) is 0 Å². The molecule has 0 aliphatic heterocycles. The Morgan fingerprint density at radius 3 is 2.56 bits per heavy atom. The third-order valence-corrected chi connectivity index (χ3v) is 5.39. The van der Waals surface area contributed by atoms with Gasteiger partial charge in [0, 0.05) is 5.02 Å². The molecule has 0 unspecified atom stereocenters. The SMILES string of the molecule is Cc1ccc(NS(=O)(=O)c2ccc(F)s2)cc1Cl. The van der Waals surface area contributed by atoms with Crippen molar-refractivity contribution in [2.45, 2.75) is 11.1 Å². The predicted molar refractivity (Wildman–Crippen MR) is 71.3 cm³/mol. The van der Waals surface area contributed by atoms with Crippen molar-refractivity contribution in [3.63, 3.8) is 0 Å². The van der Waals surface area contributed by atoms with Crippen LogP contribution in [0.5, 0.6) is 0 Å². The van der Waals surface area contributed by atoms with E-state index in [-0.39, 0.29) is 4.21 Å². The molecule has 1 N–H and O–H groups in total. The lowest BCUT2D eigenvalue weighted by Crippen LogP contribution is -2.11. The van der Waals surface area contributed by atoms with Gasteiger partial charge in [0.25, 0.3) is 10.0 Å². The van der Waals surface area contributed by atoms with Gasteiger partial charge in [-0.15, -0.1) is 0 Å². The van der Waals surface area contributed by atoms with Gasteiger partial charge in [0.2, 0.25) is 0 Å². The van der Waals surface area contributed by atoms with Crippen LogP contribution in [0.2, 0.25) is 5.02 Å². The van der Waals surface area contributed by atoms with E-state index in [9.17, 15) is 12.8 Å². The van der Waals surface area contributed by atoms with Crippen LogP contribution in [-0.2, 0) is 10.0 Å². The first-order valence-electron chi connectivity index (χ1n) is 4.93. The first-order chi connectivity index (χ1) is 8.38. The molecule has 0 bridgehead atoms. The van der Waals surface area contributed by atoms with Crippen molar-refractivity contribution in [2.75, 3.05) is 4.72 Å². The van der Waals surface area contributed by atoms with Gasteiger partial charge in [-0.3, -0.25) is 4.72 Å². The number of aryl methyl sites for hydroxylation is 1. The zero-order valence-electron chi connectivity index (χ0n) is 9.28. The molecular formula is C11H9ClFNO2S2. The number of anilines is 1. The summed E-state index contributed by atoms with van der Waals surface area (Å²) >= 11 is 6.47. The molecule has 0 saturated heterocycles. The Labute approximate surface area is 113 Å². The summed E-state index contributed by atoms with van der Waals surface area (Å²) < 4.78 is 38.9. The average molecular weight is 306 g/mol. The molecule has 1 heterocycles. The van der Waals surface area contributed by atoms with Gasteiger partial charge < -0.3 is 0 Å². The molecule has 1 aromatic heterocycles. The Bertz CT molecular complexity index is 682. The molecule has 96 valence electrons. The van der Waals surface area contributed by atoms with Crippen molar-refractivity contribution < 1.29 is 12.8 Å². The fraction of sp³-hybridized carbons (Fsp3) is 0.0909. The number of sulfonamides is 1. The molecule has 0 saturated carbocycles. The van der Waals surface area contributed by atoms with Crippen LogP contribution in [0.1, 0.15) is 5.56 Å². The Balaban J connectivity index is 2.30. The van der Waals surface area contributed by atoms with Crippen molar-refractivity contribution in [3.8, 4) is 0 Å². The highest BCUT2D eigenvalue weighted by Gasteiger charge is 2.17. The van der Waals surface area contributed by atoms with Crippen molar-refractivity contribution in [2.24, 2.45) is 0 Å². The minimum Gasteiger partial charge on any atom is -0.279 e. The number of benzene rings is 1. The third-order valence-electron chi connectivity index (χ3n) is 2.24. The normalized spacial score (nSPS) is 11.5. The molecule has 0 aliphatic rings. The van der Waals surface area contributed by atoms with Gasteiger partial charge in [-0.25, -0.2) is 8.42 Å². The van der Waals surface area contributed by atoms with Crippen LogP contribution in [0.4, 0.5) is 10.1 Å². The molecule has 2 rings (SSSR count). The number of hydrogen-bond acceptors (Lipinski definition) is 3. The van der Waals surface area contributed by atoms with Gasteiger partial charge in [-0.2, -0.15) is 4.39 Å². The lowest BCUT2D eigenvalue weighted by atomic mass is 10.2. The van der Waals surface area contributed by atoms with E-state index in [0.29, 0.717) is 22.0 Å². The second-order valence-corrected chi connectivity index (χ2v) is 6.98. The smallest absolute Gasteiger partial charge is 0.271 e. The van der Waals surface area contributed by atoms with Crippen LogP contribution < -0.4 is 4.72 Å². The van der Waals surface area contributed by atoms with Gasteiger partial charge in [0.15, 0.2) is 5.13 Å². The predicted octanol–water partition coefficient (Wildman–Crippen LogP) is 3.65. The molecule has 0 amide bonds. The fourth-order valence-corrected chi connectivity index (χ4v) is 3.54. The molecule has 0 spiro atoms.